The monoisotopic (exact) mass is 148 g/mol. The molecule has 0 aromatic rings. The molecule has 60 valence electrons. The van der Waals surface area contributed by atoms with Gasteiger partial charge in [0.2, 0.25) is 6.43 Å². The van der Waals surface area contributed by atoms with E-state index in [0.29, 0.717) is 12.3 Å². The van der Waals surface area contributed by atoms with Crippen LogP contribution < -0.4 is 0 Å². The average molecular weight is 148 g/mol. The molecule has 0 aliphatic heterocycles. The maximum Gasteiger partial charge on any atom is 0.244 e. The molecular weight excluding hydrogens is 134 g/mol. The molecule has 0 heterocycles. The quantitative estimate of drug-likeness (QED) is 0.577. The lowest BCUT2D eigenvalue weighted by atomic mass is 9.95. The van der Waals surface area contributed by atoms with Gasteiger partial charge in [-0.25, -0.2) is 8.78 Å². The maximum absolute atomic E-state index is 12.2. The van der Waals surface area contributed by atoms with E-state index in [9.17, 15) is 8.78 Å². The fraction of sp³-hybridized carbons (Fsp3) is 1.00. The summed E-state index contributed by atoms with van der Waals surface area (Å²) in [7, 11) is 0. The van der Waals surface area contributed by atoms with E-state index in [0.717, 1.165) is 12.8 Å². The molecule has 0 saturated heterocycles. The summed E-state index contributed by atoms with van der Waals surface area (Å²) < 4.78 is 24.5. The first-order valence-corrected chi connectivity index (χ1v) is 3.85. The van der Waals surface area contributed by atoms with Crippen LogP contribution >= 0.6 is 0 Å². The zero-order chi connectivity index (χ0) is 7.78. The van der Waals surface area contributed by atoms with Crippen molar-refractivity contribution in [3.05, 3.63) is 0 Å². The van der Waals surface area contributed by atoms with E-state index >= 15 is 0 Å². The second-order valence-electron chi connectivity index (χ2n) is 3.76. The molecule has 1 saturated carbocycles. The Bertz CT molecular complexity index is 114. The van der Waals surface area contributed by atoms with Crippen molar-refractivity contribution in [2.75, 3.05) is 0 Å². The van der Waals surface area contributed by atoms with Crippen molar-refractivity contribution in [2.45, 2.75) is 39.5 Å². The molecule has 0 amide bonds. The van der Waals surface area contributed by atoms with Crippen LogP contribution in [0.3, 0.4) is 0 Å². The van der Waals surface area contributed by atoms with Crippen LogP contribution in [0.5, 0.6) is 0 Å². The molecule has 0 radical (unpaired) electrons. The van der Waals surface area contributed by atoms with Gasteiger partial charge in [0.25, 0.3) is 0 Å². The van der Waals surface area contributed by atoms with Crippen molar-refractivity contribution in [3.8, 4) is 0 Å². The van der Waals surface area contributed by atoms with E-state index < -0.39 is 11.8 Å². The molecule has 1 fully saturated rings. The molecule has 0 spiro atoms. The van der Waals surface area contributed by atoms with Crippen LogP contribution in [0.2, 0.25) is 0 Å². The highest BCUT2D eigenvalue weighted by Crippen LogP contribution is 2.54. The molecular formula is C8H14F2. The first-order chi connectivity index (χ1) is 4.57. The zero-order valence-electron chi connectivity index (χ0n) is 6.53. The van der Waals surface area contributed by atoms with Gasteiger partial charge in [-0.3, -0.25) is 0 Å². The van der Waals surface area contributed by atoms with Gasteiger partial charge in [0, 0.05) is 5.41 Å². The summed E-state index contributed by atoms with van der Waals surface area (Å²) in [4.78, 5) is 0. The first kappa shape index (κ1) is 7.96. The summed E-state index contributed by atoms with van der Waals surface area (Å²) in [6.45, 7) is 4.00. The fourth-order valence-corrected chi connectivity index (χ4v) is 1.49. The summed E-state index contributed by atoms with van der Waals surface area (Å²) >= 11 is 0. The minimum atomic E-state index is -2.09. The Hall–Kier alpha value is -0.140. The van der Waals surface area contributed by atoms with Crippen LogP contribution in [0.25, 0.3) is 0 Å². The van der Waals surface area contributed by atoms with E-state index in [2.05, 4.69) is 0 Å². The van der Waals surface area contributed by atoms with Gasteiger partial charge in [-0.2, -0.15) is 0 Å². The van der Waals surface area contributed by atoms with Gasteiger partial charge >= 0.3 is 0 Å². The van der Waals surface area contributed by atoms with Gasteiger partial charge in [0.05, 0.1) is 0 Å². The largest absolute Gasteiger partial charge is 0.244 e. The number of alkyl halides is 2. The molecule has 1 rings (SSSR count). The Morgan fingerprint density at radius 2 is 1.80 bits per heavy atom. The zero-order valence-corrected chi connectivity index (χ0v) is 6.53. The number of rotatable bonds is 3. The van der Waals surface area contributed by atoms with E-state index in [-0.39, 0.29) is 0 Å². The number of hydrogen-bond donors (Lipinski definition) is 0. The second-order valence-corrected chi connectivity index (χ2v) is 3.76. The van der Waals surface area contributed by atoms with Crippen LogP contribution in [0.4, 0.5) is 8.78 Å². The summed E-state index contributed by atoms with van der Waals surface area (Å²) in [6.07, 6.45) is 0.0889. The minimum absolute atomic E-state index is 0.413. The Labute approximate surface area is 60.6 Å². The van der Waals surface area contributed by atoms with Crippen molar-refractivity contribution in [3.63, 3.8) is 0 Å². The van der Waals surface area contributed by atoms with E-state index in [1.54, 1.807) is 0 Å². The Balaban J connectivity index is 2.38. The third kappa shape index (κ3) is 1.47. The predicted octanol–water partition coefficient (Wildman–Crippen LogP) is 3.08. The molecule has 0 N–H and O–H groups in total. The highest BCUT2D eigenvalue weighted by Gasteiger charge is 2.50. The van der Waals surface area contributed by atoms with E-state index in [4.69, 9.17) is 0 Å². The Morgan fingerprint density at radius 1 is 1.30 bits per heavy atom. The topological polar surface area (TPSA) is 0 Å². The van der Waals surface area contributed by atoms with Gasteiger partial charge in [-0.05, 0) is 25.2 Å². The molecule has 0 unspecified atom stereocenters. The van der Waals surface area contributed by atoms with Crippen molar-refractivity contribution >= 4 is 0 Å². The number of hydrogen-bond acceptors (Lipinski definition) is 0. The molecule has 2 heteroatoms. The smallest absolute Gasteiger partial charge is 0.210 e. The molecule has 0 atom stereocenters. The SMILES string of the molecule is CC(C)CC1(C(F)F)CC1. The van der Waals surface area contributed by atoms with Crippen molar-refractivity contribution in [1.29, 1.82) is 0 Å². The molecule has 1 aliphatic rings. The summed E-state index contributed by atoms with van der Waals surface area (Å²) in [6, 6.07) is 0. The van der Waals surface area contributed by atoms with Crippen LogP contribution in [0.15, 0.2) is 0 Å². The van der Waals surface area contributed by atoms with Crippen LogP contribution in [-0.2, 0) is 0 Å². The normalized spacial score (nSPS) is 22.2. The minimum Gasteiger partial charge on any atom is -0.210 e. The second kappa shape index (κ2) is 2.48. The molecule has 0 bridgehead atoms. The molecule has 10 heavy (non-hydrogen) atoms. The lowest BCUT2D eigenvalue weighted by Gasteiger charge is -2.15. The van der Waals surface area contributed by atoms with Gasteiger partial charge in [0.15, 0.2) is 0 Å². The predicted molar refractivity (Wildman–Crippen MR) is 37.1 cm³/mol. The lowest BCUT2D eigenvalue weighted by molar-refractivity contribution is 0.0491. The Kier molecular flexibility index (Phi) is 1.97. The summed E-state index contributed by atoms with van der Waals surface area (Å²) in [5, 5.41) is 0. The average Bonchev–Trinajstić information content (AvgIpc) is 2.46. The van der Waals surface area contributed by atoms with Crippen LogP contribution in [0, 0.1) is 11.3 Å². The molecule has 0 nitrogen and oxygen atoms in total. The van der Waals surface area contributed by atoms with Gasteiger partial charge in [-0.1, -0.05) is 13.8 Å². The Morgan fingerprint density at radius 3 is 1.90 bits per heavy atom. The highest BCUT2D eigenvalue weighted by atomic mass is 19.3. The van der Waals surface area contributed by atoms with Gasteiger partial charge in [-0.15, -0.1) is 0 Å². The van der Waals surface area contributed by atoms with Gasteiger partial charge < -0.3 is 0 Å². The third-order valence-electron chi connectivity index (χ3n) is 2.17. The van der Waals surface area contributed by atoms with Crippen molar-refractivity contribution in [1.82, 2.24) is 0 Å². The number of halogens is 2. The maximum atomic E-state index is 12.2. The van der Waals surface area contributed by atoms with Crippen LogP contribution in [-0.4, -0.2) is 6.43 Å². The van der Waals surface area contributed by atoms with Crippen LogP contribution in [0.1, 0.15) is 33.1 Å². The lowest BCUT2D eigenvalue weighted by Crippen LogP contribution is -2.14. The highest BCUT2D eigenvalue weighted by molar-refractivity contribution is 4.95. The standard InChI is InChI=1S/C8H14F2/c1-6(2)5-8(3-4-8)7(9)10/h6-7H,3-5H2,1-2H3. The molecule has 0 aromatic heterocycles. The first-order valence-electron chi connectivity index (χ1n) is 3.85. The third-order valence-corrected chi connectivity index (χ3v) is 2.17. The fourth-order valence-electron chi connectivity index (χ4n) is 1.49. The summed E-state index contributed by atoms with van der Waals surface area (Å²) in [5.41, 5.74) is -0.561. The molecule has 0 aromatic carbocycles. The van der Waals surface area contributed by atoms with E-state index in [1.165, 1.54) is 0 Å². The van der Waals surface area contributed by atoms with E-state index in [1.807, 2.05) is 13.8 Å². The van der Waals surface area contributed by atoms with Crippen molar-refractivity contribution < 1.29 is 8.78 Å². The summed E-state index contributed by atoms with van der Waals surface area (Å²) in [5.74, 6) is 0.413. The molecule has 1 aliphatic carbocycles. The van der Waals surface area contributed by atoms with Gasteiger partial charge in [0.1, 0.15) is 0 Å². The van der Waals surface area contributed by atoms with Crippen molar-refractivity contribution in [2.24, 2.45) is 11.3 Å².